The van der Waals surface area contributed by atoms with Gasteiger partial charge in [0.15, 0.2) is 5.79 Å². The minimum absolute atomic E-state index is 0.403. The first-order chi connectivity index (χ1) is 4.64. The molecule has 0 radical (unpaired) electrons. The highest BCUT2D eigenvalue weighted by atomic mass is 79.9. The van der Waals surface area contributed by atoms with Crippen molar-refractivity contribution in [2.24, 2.45) is 0 Å². The average molecular weight is 207 g/mol. The third kappa shape index (κ3) is 2.08. The maximum Gasteiger partial charge on any atom is 0.163 e. The van der Waals surface area contributed by atoms with E-state index < -0.39 is 5.79 Å². The van der Waals surface area contributed by atoms with Crippen LogP contribution >= 0.6 is 15.9 Å². The van der Waals surface area contributed by atoms with E-state index in [0.717, 1.165) is 5.57 Å². The lowest BCUT2D eigenvalue weighted by Gasteiger charge is -2.31. The lowest BCUT2D eigenvalue weighted by molar-refractivity contribution is -0.225. The van der Waals surface area contributed by atoms with Gasteiger partial charge in [-0.05, 0) is 24.4 Å². The van der Waals surface area contributed by atoms with Crippen LogP contribution in [0.1, 0.15) is 13.8 Å². The van der Waals surface area contributed by atoms with Crippen molar-refractivity contribution < 1.29 is 9.47 Å². The second-order valence-electron chi connectivity index (χ2n) is 2.74. The van der Waals surface area contributed by atoms with Gasteiger partial charge in [0.05, 0.1) is 13.2 Å². The van der Waals surface area contributed by atoms with E-state index in [0.29, 0.717) is 13.2 Å². The molecule has 3 heteroatoms. The van der Waals surface area contributed by atoms with Gasteiger partial charge < -0.3 is 9.47 Å². The van der Waals surface area contributed by atoms with E-state index in [9.17, 15) is 0 Å². The summed E-state index contributed by atoms with van der Waals surface area (Å²) in [4.78, 5) is 1.85. The summed E-state index contributed by atoms with van der Waals surface area (Å²) < 4.78 is 10.7. The number of hydrogen-bond donors (Lipinski definition) is 0. The van der Waals surface area contributed by atoms with Crippen LogP contribution in [0.25, 0.3) is 0 Å². The van der Waals surface area contributed by atoms with Crippen LogP contribution in [0, 0.1) is 0 Å². The van der Waals surface area contributed by atoms with Gasteiger partial charge in [-0.1, -0.05) is 15.9 Å². The van der Waals surface area contributed by atoms with Gasteiger partial charge in [0.2, 0.25) is 0 Å². The molecule has 1 aliphatic rings. The molecule has 0 amide bonds. The van der Waals surface area contributed by atoms with Gasteiger partial charge in [-0.25, -0.2) is 0 Å². The van der Waals surface area contributed by atoms with Crippen molar-refractivity contribution in [2.45, 2.75) is 19.6 Å². The van der Waals surface area contributed by atoms with Crippen molar-refractivity contribution in [1.29, 1.82) is 0 Å². The molecule has 0 saturated carbocycles. The first kappa shape index (κ1) is 8.24. The molecule has 10 heavy (non-hydrogen) atoms. The molecule has 0 aliphatic carbocycles. The molecule has 0 bridgehead atoms. The summed E-state index contributed by atoms with van der Waals surface area (Å²) in [5.74, 6) is -0.403. The lowest BCUT2D eigenvalue weighted by atomic mass is 10.3. The number of ether oxygens (including phenoxy) is 2. The van der Waals surface area contributed by atoms with Crippen LogP contribution < -0.4 is 0 Å². The fourth-order valence-electron chi connectivity index (χ4n) is 0.679. The first-order valence-corrected chi connectivity index (χ1v) is 4.12. The van der Waals surface area contributed by atoms with Gasteiger partial charge >= 0.3 is 0 Å². The zero-order valence-corrected chi connectivity index (χ0v) is 7.77. The minimum atomic E-state index is -0.403. The van der Waals surface area contributed by atoms with E-state index in [-0.39, 0.29) is 0 Å². The summed E-state index contributed by atoms with van der Waals surface area (Å²) in [6, 6.07) is 0. The number of halogens is 1. The lowest BCUT2D eigenvalue weighted by Crippen LogP contribution is -2.35. The molecule has 58 valence electrons. The molecule has 0 unspecified atom stereocenters. The van der Waals surface area contributed by atoms with Gasteiger partial charge in [-0.15, -0.1) is 0 Å². The summed E-state index contributed by atoms with van der Waals surface area (Å²) in [6.45, 7) is 5.16. The molecule has 0 aromatic carbocycles. The molecule has 2 nitrogen and oxygen atoms in total. The summed E-state index contributed by atoms with van der Waals surface area (Å²) >= 11 is 3.23. The molecular weight excluding hydrogens is 196 g/mol. The molecule has 0 aromatic heterocycles. The number of rotatable bonds is 0. The topological polar surface area (TPSA) is 18.5 Å². The zero-order valence-electron chi connectivity index (χ0n) is 6.19. The molecule has 1 saturated heterocycles. The Hall–Kier alpha value is 0.140. The van der Waals surface area contributed by atoms with Gasteiger partial charge in [0.25, 0.3) is 0 Å². The van der Waals surface area contributed by atoms with Crippen LogP contribution in [0.3, 0.4) is 0 Å². The maximum absolute atomic E-state index is 5.35. The normalized spacial score (nSPS) is 24.5. The van der Waals surface area contributed by atoms with Crippen LogP contribution in [-0.4, -0.2) is 19.0 Å². The minimum Gasteiger partial charge on any atom is -0.346 e. The molecule has 0 N–H and O–H groups in total. The predicted molar refractivity (Wildman–Crippen MR) is 43.0 cm³/mol. The van der Waals surface area contributed by atoms with Crippen molar-refractivity contribution in [3.8, 4) is 0 Å². The van der Waals surface area contributed by atoms with Gasteiger partial charge in [0, 0.05) is 0 Å². The fourth-order valence-corrected chi connectivity index (χ4v) is 0.944. The Bertz CT molecular complexity index is 140. The van der Waals surface area contributed by atoms with Crippen molar-refractivity contribution >= 4 is 15.9 Å². The zero-order chi connectivity index (χ0) is 7.61. The van der Waals surface area contributed by atoms with E-state index in [1.165, 1.54) is 0 Å². The van der Waals surface area contributed by atoms with Gasteiger partial charge in [-0.2, -0.15) is 0 Å². The number of hydrogen-bond acceptors (Lipinski definition) is 2. The standard InChI is InChI=1S/C7H11BrO2/c1-7(2)9-4-6(3-8)5-10-7/h3H,4-5H2,1-2H3. The monoisotopic (exact) mass is 206 g/mol. The Morgan fingerprint density at radius 3 is 2.30 bits per heavy atom. The third-order valence-electron chi connectivity index (χ3n) is 1.36. The quantitative estimate of drug-likeness (QED) is 0.605. The van der Waals surface area contributed by atoms with Gasteiger partial charge in [0.1, 0.15) is 0 Å². The Labute approximate surface area is 69.3 Å². The predicted octanol–water partition coefficient (Wildman–Crippen LogP) is 2.05. The summed E-state index contributed by atoms with van der Waals surface area (Å²) in [5, 5.41) is 0. The van der Waals surface area contributed by atoms with E-state index in [1.54, 1.807) is 0 Å². The maximum atomic E-state index is 5.35. The molecule has 1 rings (SSSR count). The van der Waals surface area contributed by atoms with Gasteiger partial charge in [-0.3, -0.25) is 0 Å². The van der Waals surface area contributed by atoms with Crippen LogP contribution in [-0.2, 0) is 9.47 Å². The fraction of sp³-hybridized carbons (Fsp3) is 0.714. The summed E-state index contributed by atoms with van der Waals surface area (Å²) in [5.41, 5.74) is 1.14. The Kier molecular flexibility index (Phi) is 2.50. The molecule has 1 fully saturated rings. The molecule has 0 spiro atoms. The first-order valence-electron chi connectivity index (χ1n) is 3.20. The highest BCUT2D eigenvalue weighted by molar-refractivity contribution is 9.11. The molecule has 1 heterocycles. The smallest absolute Gasteiger partial charge is 0.163 e. The average Bonchev–Trinajstić information content (AvgIpc) is 1.88. The largest absolute Gasteiger partial charge is 0.346 e. The van der Waals surface area contributed by atoms with E-state index in [1.807, 2.05) is 18.8 Å². The Morgan fingerprint density at radius 1 is 1.40 bits per heavy atom. The SMILES string of the molecule is CC1(C)OCC(=CBr)CO1. The van der Waals surface area contributed by atoms with E-state index in [4.69, 9.17) is 9.47 Å². The summed E-state index contributed by atoms with van der Waals surface area (Å²) in [7, 11) is 0. The second-order valence-corrected chi connectivity index (χ2v) is 3.20. The second kappa shape index (κ2) is 3.03. The molecule has 0 aromatic rings. The van der Waals surface area contributed by atoms with Crippen LogP contribution in [0.5, 0.6) is 0 Å². The van der Waals surface area contributed by atoms with Crippen LogP contribution in [0.4, 0.5) is 0 Å². The van der Waals surface area contributed by atoms with Crippen molar-refractivity contribution in [2.75, 3.05) is 13.2 Å². The van der Waals surface area contributed by atoms with Crippen LogP contribution in [0.2, 0.25) is 0 Å². The Morgan fingerprint density at radius 2 is 1.90 bits per heavy atom. The Balaban J connectivity index is 2.46. The third-order valence-corrected chi connectivity index (χ3v) is 2.01. The van der Waals surface area contributed by atoms with E-state index >= 15 is 0 Å². The van der Waals surface area contributed by atoms with Crippen molar-refractivity contribution in [3.63, 3.8) is 0 Å². The molecule has 1 aliphatic heterocycles. The summed E-state index contributed by atoms with van der Waals surface area (Å²) in [6.07, 6.45) is 0. The molecule has 0 atom stereocenters. The van der Waals surface area contributed by atoms with Crippen molar-refractivity contribution in [3.05, 3.63) is 10.6 Å². The van der Waals surface area contributed by atoms with Crippen LogP contribution in [0.15, 0.2) is 10.6 Å². The highest BCUT2D eigenvalue weighted by Crippen LogP contribution is 2.20. The van der Waals surface area contributed by atoms with Crippen molar-refractivity contribution in [1.82, 2.24) is 0 Å². The molecular formula is C7H11BrO2. The van der Waals surface area contributed by atoms with E-state index in [2.05, 4.69) is 15.9 Å². The highest BCUT2D eigenvalue weighted by Gasteiger charge is 2.24.